The predicted octanol–water partition coefficient (Wildman–Crippen LogP) is 20.5. The Morgan fingerprint density at radius 1 is 0.296 bits per heavy atom. The van der Waals surface area contributed by atoms with E-state index in [2.05, 4.69) is 93.7 Å². The van der Waals surface area contributed by atoms with Gasteiger partial charge in [0.1, 0.15) is 13.2 Å². The summed E-state index contributed by atoms with van der Waals surface area (Å²) in [5.41, 5.74) is 0. The van der Waals surface area contributed by atoms with Crippen molar-refractivity contribution < 1.29 is 28.6 Å². The van der Waals surface area contributed by atoms with Gasteiger partial charge in [-0.3, -0.25) is 14.4 Å². The molecule has 410 valence electrons. The zero-order chi connectivity index (χ0) is 51.4. The van der Waals surface area contributed by atoms with Gasteiger partial charge in [0.05, 0.1) is 0 Å². The van der Waals surface area contributed by atoms with Crippen molar-refractivity contribution in [3.8, 4) is 0 Å². The van der Waals surface area contributed by atoms with Crippen LogP contribution in [-0.2, 0) is 28.6 Å². The second-order valence-corrected chi connectivity index (χ2v) is 20.2. The minimum atomic E-state index is -0.780. The maximum absolute atomic E-state index is 12.9. The molecule has 0 aliphatic carbocycles. The van der Waals surface area contributed by atoms with Crippen LogP contribution in [0.2, 0.25) is 0 Å². The van der Waals surface area contributed by atoms with Crippen LogP contribution in [0.4, 0.5) is 0 Å². The topological polar surface area (TPSA) is 78.9 Å². The minimum absolute atomic E-state index is 0.0771. The predicted molar refractivity (Wildman–Crippen MR) is 307 cm³/mol. The second kappa shape index (κ2) is 59.4. The third-order valence-electron chi connectivity index (χ3n) is 13.2. The van der Waals surface area contributed by atoms with Gasteiger partial charge in [-0.25, -0.2) is 0 Å². The van der Waals surface area contributed by atoms with E-state index >= 15 is 0 Å². The zero-order valence-corrected chi connectivity index (χ0v) is 47.0. The first-order chi connectivity index (χ1) is 35.0. The Bertz CT molecular complexity index is 1320. The van der Waals surface area contributed by atoms with Gasteiger partial charge in [-0.1, -0.05) is 267 Å². The highest BCUT2D eigenvalue weighted by molar-refractivity contribution is 5.71. The Balaban J connectivity index is 4.32. The van der Waals surface area contributed by atoms with Crippen molar-refractivity contribution >= 4 is 17.9 Å². The number of unbranched alkanes of at least 4 members (excludes halogenated alkanes) is 32. The second-order valence-electron chi connectivity index (χ2n) is 20.2. The highest BCUT2D eigenvalue weighted by atomic mass is 16.6. The average Bonchev–Trinajstić information content (AvgIpc) is 3.37. The third kappa shape index (κ3) is 57.6. The number of esters is 3. The van der Waals surface area contributed by atoms with Crippen LogP contribution in [0.1, 0.15) is 303 Å². The molecule has 0 aromatic rings. The molecule has 0 saturated heterocycles. The van der Waals surface area contributed by atoms with E-state index in [1.165, 1.54) is 167 Å². The highest BCUT2D eigenvalue weighted by Crippen LogP contribution is 2.16. The van der Waals surface area contributed by atoms with Gasteiger partial charge in [0.15, 0.2) is 6.10 Å². The summed E-state index contributed by atoms with van der Waals surface area (Å²) in [7, 11) is 0. The quantitative estimate of drug-likeness (QED) is 0.0261. The van der Waals surface area contributed by atoms with Crippen LogP contribution in [0.3, 0.4) is 0 Å². The largest absolute Gasteiger partial charge is 0.462 e. The van der Waals surface area contributed by atoms with Crippen molar-refractivity contribution in [1.82, 2.24) is 0 Å². The molecule has 71 heavy (non-hydrogen) atoms. The van der Waals surface area contributed by atoms with Crippen LogP contribution in [0.25, 0.3) is 0 Å². The van der Waals surface area contributed by atoms with Crippen LogP contribution in [0.15, 0.2) is 72.9 Å². The molecule has 0 aliphatic heterocycles. The van der Waals surface area contributed by atoms with Crippen molar-refractivity contribution in [2.45, 2.75) is 309 Å². The Kier molecular flexibility index (Phi) is 56.8. The molecule has 6 nitrogen and oxygen atoms in total. The molecule has 0 spiro atoms. The van der Waals surface area contributed by atoms with E-state index < -0.39 is 6.10 Å². The SMILES string of the molecule is CC/C=C\C/C=C\C/C=C\C/C=C\CCCCCCCCCCC(=O)OCC(COC(=O)CCCCCCCCCCCCC)OC(=O)CCCCCCCCCCC/C=C\C/C=C\CCCCCCC. The maximum Gasteiger partial charge on any atom is 0.306 e. The maximum atomic E-state index is 12.9. The molecule has 0 bridgehead atoms. The van der Waals surface area contributed by atoms with E-state index in [0.717, 1.165) is 96.3 Å². The Labute approximate surface area is 440 Å². The lowest BCUT2D eigenvalue weighted by Crippen LogP contribution is -2.30. The fourth-order valence-corrected chi connectivity index (χ4v) is 8.64. The molecule has 1 unspecified atom stereocenters. The summed E-state index contributed by atoms with van der Waals surface area (Å²) >= 11 is 0. The van der Waals surface area contributed by atoms with Crippen LogP contribution in [0, 0.1) is 0 Å². The van der Waals surface area contributed by atoms with Crippen molar-refractivity contribution in [3.05, 3.63) is 72.9 Å². The Morgan fingerprint density at radius 3 is 0.859 bits per heavy atom. The first-order valence-corrected chi connectivity index (χ1v) is 30.4. The standard InChI is InChI=1S/C65H114O6/c1-4-7-10-13-16-19-22-24-26-28-30-32-34-36-38-40-43-46-49-52-55-58-64(67)70-61-62(60-69-63(66)57-54-51-48-45-42-21-18-15-12-9-6-3)71-65(68)59-56-53-50-47-44-41-39-37-35-33-31-29-27-25-23-20-17-14-11-8-5-2/h7,10,16,19,23-26,29-32,62H,4-6,8-9,11-15,17-18,20-22,27-28,33-61H2,1-3H3/b10-7-,19-16-,25-23-,26-24-,31-29-,32-30-. The average molecular weight is 992 g/mol. The smallest absolute Gasteiger partial charge is 0.306 e. The van der Waals surface area contributed by atoms with Crippen molar-refractivity contribution in [2.24, 2.45) is 0 Å². The molecule has 0 heterocycles. The Morgan fingerprint density at radius 2 is 0.549 bits per heavy atom. The monoisotopic (exact) mass is 991 g/mol. The fourth-order valence-electron chi connectivity index (χ4n) is 8.64. The lowest BCUT2D eigenvalue weighted by Gasteiger charge is -2.18. The molecule has 0 rings (SSSR count). The van der Waals surface area contributed by atoms with Crippen LogP contribution in [-0.4, -0.2) is 37.2 Å². The number of carbonyl (C=O) groups excluding carboxylic acids is 3. The van der Waals surface area contributed by atoms with Gasteiger partial charge in [0.25, 0.3) is 0 Å². The van der Waals surface area contributed by atoms with E-state index in [0.29, 0.717) is 19.3 Å². The molecule has 0 aliphatic rings. The number of allylic oxidation sites excluding steroid dienone is 12. The first kappa shape index (κ1) is 67.8. The van der Waals surface area contributed by atoms with Gasteiger partial charge in [0.2, 0.25) is 0 Å². The molecule has 0 radical (unpaired) electrons. The minimum Gasteiger partial charge on any atom is -0.462 e. The molecule has 0 fully saturated rings. The van der Waals surface area contributed by atoms with Crippen molar-refractivity contribution in [3.63, 3.8) is 0 Å². The summed E-state index contributed by atoms with van der Waals surface area (Å²) in [6.45, 7) is 6.53. The molecule has 1 atom stereocenters. The lowest BCUT2D eigenvalue weighted by atomic mass is 10.1. The van der Waals surface area contributed by atoms with Crippen LogP contribution >= 0.6 is 0 Å². The summed E-state index contributed by atoms with van der Waals surface area (Å²) in [5, 5.41) is 0. The van der Waals surface area contributed by atoms with E-state index in [1.54, 1.807) is 0 Å². The summed E-state index contributed by atoms with van der Waals surface area (Å²) in [6, 6.07) is 0. The van der Waals surface area contributed by atoms with Gasteiger partial charge in [-0.15, -0.1) is 0 Å². The zero-order valence-electron chi connectivity index (χ0n) is 47.0. The molecular formula is C65H114O6. The van der Waals surface area contributed by atoms with E-state index in [9.17, 15) is 14.4 Å². The molecular weight excluding hydrogens is 877 g/mol. The normalized spacial score (nSPS) is 12.5. The van der Waals surface area contributed by atoms with Gasteiger partial charge in [-0.2, -0.15) is 0 Å². The number of hydrogen-bond acceptors (Lipinski definition) is 6. The van der Waals surface area contributed by atoms with Gasteiger partial charge >= 0.3 is 17.9 Å². The van der Waals surface area contributed by atoms with E-state index in [4.69, 9.17) is 14.2 Å². The van der Waals surface area contributed by atoms with Gasteiger partial charge in [0, 0.05) is 19.3 Å². The van der Waals surface area contributed by atoms with E-state index in [1.807, 2.05) is 0 Å². The number of hydrogen-bond donors (Lipinski definition) is 0. The summed E-state index contributed by atoms with van der Waals surface area (Å²) in [5.74, 6) is -0.879. The molecule has 0 amide bonds. The highest BCUT2D eigenvalue weighted by Gasteiger charge is 2.19. The summed E-state index contributed by atoms with van der Waals surface area (Å²) < 4.78 is 16.9. The number of rotatable bonds is 55. The fraction of sp³-hybridized carbons (Fsp3) is 0.769. The first-order valence-electron chi connectivity index (χ1n) is 30.4. The molecule has 6 heteroatoms. The molecule has 0 N–H and O–H groups in total. The van der Waals surface area contributed by atoms with Crippen LogP contribution < -0.4 is 0 Å². The molecule has 0 saturated carbocycles. The van der Waals surface area contributed by atoms with Gasteiger partial charge in [-0.05, 0) is 89.9 Å². The lowest BCUT2D eigenvalue weighted by molar-refractivity contribution is -0.167. The number of ether oxygens (including phenoxy) is 3. The molecule has 0 aromatic heterocycles. The van der Waals surface area contributed by atoms with Crippen molar-refractivity contribution in [2.75, 3.05) is 13.2 Å². The molecule has 0 aromatic carbocycles. The Hall–Kier alpha value is -3.15. The van der Waals surface area contributed by atoms with E-state index in [-0.39, 0.29) is 31.1 Å². The third-order valence-corrected chi connectivity index (χ3v) is 13.2. The number of carbonyl (C=O) groups is 3. The van der Waals surface area contributed by atoms with Crippen molar-refractivity contribution in [1.29, 1.82) is 0 Å². The summed E-state index contributed by atoms with van der Waals surface area (Å²) in [6.07, 6.45) is 76.1. The van der Waals surface area contributed by atoms with Crippen LogP contribution in [0.5, 0.6) is 0 Å². The summed E-state index contributed by atoms with van der Waals surface area (Å²) in [4.78, 5) is 38.2. The van der Waals surface area contributed by atoms with Gasteiger partial charge < -0.3 is 14.2 Å².